The molecule has 0 N–H and O–H groups in total. The Morgan fingerprint density at radius 3 is 2.03 bits per heavy atom. The molecule has 0 bridgehead atoms. The first-order chi connectivity index (χ1) is 17.2. The van der Waals surface area contributed by atoms with E-state index in [1.54, 1.807) is 27.9 Å². The zero-order valence-corrected chi connectivity index (χ0v) is 26.4. The fourth-order valence-corrected chi connectivity index (χ4v) is 6.57. The lowest BCUT2D eigenvalue weighted by Gasteiger charge is -2.38. The summed E-state index contributed by atoms with van der Waals surface area (Å²) in [6.45, 7) is 19.3. The van der Waals surface area contributed by atoms with Crippen molar-refractivity contribution in [1.82, 2.24) is 0 Å². The fraction of sp³-hybridized carbons (Fsp3) is 0.741. The topological polar surface area (TPSA) is 89.5 Å². The fourth-order valence-electron chi connectivity index (χ4n) is 3.48. The van der Waals surface area contributed by atoms with Gasteiger partial charge in [-0.15, -0.1) is 0 Å². The number of hydrogen-bond donors (Lipinski definition) is 0. The van der Waals surface area contributed by atoms with Crippen LogP contribution in [-0.2, 0) is 38.9 Å². The minimum absolute atomic E-state index is 0.0316. The van der Waals surface area contributed by atoms with Gasteiger partial charge < -0.3 is 27.7 Å². The van der Waals surface area contributed by atoms with E-state index in [-0.39, 0.29) is 43.3 Å². The molecular weight excluding hydrogens is 511 g/mol. The third-order valence-electron chi connectivity index (χ3n) is 6.83. The van der Waals surface area contributed by atoms with E-state index in [0.29, 0.717) is 13.2 Å². The van der Waals surface area contributed by atoms with Crippen LogP contribution >= 0.6 is 7.60 Å². The molecule has 0 heterocycles. The minimum atomic E-state index is -3.75. The van der Waals surface area contributed by atoms with Crippen molar-refractivity contribution in [2.45, 2.75) is 91.4 Å². The molecule has 37 heavy (non-hydrogen) atoms. The van der Waals surface area contributed by atoms with Crippen LogP contribution in [0.2, 0.25) is 18.1 Å². The standard InChI is InChI=1S/C27H49O8PSi/c1-11-31-26(28)25(36(29,33-12-2)34-13-3)18-21(4)24(20-35-37(9,10)27(5,6)7)32-19-22-14-16-23(30-8)17-15-22/h14-17,21,24-25H,11-13,18-20H2,1-10H3/t21-,24+,25-/m0/s1. The molecule has 3 atom stereocenters. The van der Waals surface area contributed by atoms with E-state index in [4.69, 9.17) is 27.7 Å². The summed E-state index contributed by atoms with van der Waals surface area (Å²) in [4.78, 5) is 13.0. The number of carbonyl (C=O) groups excluding carboxylic acids is 1. The predicted octanol–water partition coefficient (Wildman–Crippen LogP) is 6.83. The van der Waals surface area contributed by atoms with Crippen molar-refractivity contribution in [2.75, 3.05) is 33.5 Å². The molecule has 0 saturated carbocycles. The summed E-state index contributed by atoms with van der Waals surface area (Å²) in [5.41, 5.74) is -0.0659. The summed E-state index contributed by atoms with van der Waals surface area (Å²) in [6, 6.07) is 7.69. The van der Waals surface area contributed by atoms with Crippen LogP contribution in [0.25, 0.3) is 0 Å². The summed E-state index contributed by atoms with van der Waals surface area (Å²) < 4.78 is 48.2. The van der Waals surface area contributed by atoms with E-state index in [2.05, 4.69) is 33.9 Å². The molecule has 0 aliphatic carbocycles. The maximum absolute atomic E-state index is 13.7. The highest BCUT2D eigenvalue weighted by molar-refractivity contribution is 7.55. The van der Waals surface area contributed by atoms with Crippen molar-refractivity contribution < 1.29 is 37.0 Å². The van der Waals surface area contributed by atoms with Gasteiger partial charge >= 0.3 is 13.6 Å². The van der Waals surface area contributed by atoms with Gasteiger partial charge in [-0.1, -0.05) is 39.8 Å². The zero-order valence-electron chi connectivity index (χ0n) is 24.5. The number of benzene rings is 1. The molecule has 0 radical (unpaired) electrons. The van der Waals surface area contributed by atoms with Crippen LogP contribution in [0.1, 0.15) is 60.5 Å². The monoisotopic (exact) mass is 560 g/mol. The van der Waals surface area contributed by atoms with E-state index in [1.807, 2.05) is 31.2 Å². The molecule has 0 amide bonds. The van der Waals surface area contributed by atoms with Gasteiger partial charge in [0, 0.05) is 0 Å². The molecule has 1 aromatic carbocycles. The number of esters is 1. The Hall–Kier alpha value is -1.22. The molecule has 0 aliphatic heterocycles. The highest BCUT2D eigenvalue weighted by Gasteiger charge is 2.44. The van der Waals surface area contributed by atoms with Crippen LogP contribution in [0.3, 0.4) is 0 Å². The molecule has 8 nitrogen and oxygen atoms in total. The lowest BCUT2D eigenvalue weighted by molar-refractivity contribution is -0.143. The van der Waals surface area contributed by atoms with Crippen molar-refractivity contribution in [3.63, 3.8) is 0 Å². The van der Waals surface area contributed by atoms with Crippen molar-refractivity contribution in [2.24, 2.45) is 5.92 Å². The number of rotatable bonds is 17. The number of ether oxygens (including phenoxy) is 3. The van der Waals surface area contributed by atoms with Gasteiger partial charge in [0.05, 0.1) is 46.2 Å². The van der Waals surface area contributed by atoms with E-state index < -0.39 is 27.5 Å². The van der Waals surface area contributed by atoms with Gasteiger partial charge in [0.25, 0.3) is 0 Å². The smallest absolute Gasteiger partial charge is 0.344 e. The summed E-state index contributed by atoms with van der Waals surface area (Å²) in [7, 11) is -4.18. The highest BCUT2D eigenvalue weighted by Crippen LogP contribution is 2.55. The number of methoxy groups -OCH3 is 1. The second-order valence-corrected chi connectivity index (χ2v) is 17.7. The van der Waals surface area contributed by atoms with Gasteiger partial charge in [0.2, 0.25) is 0 Å². The Morgan fingerprint density at radius 1 is 1.00 bits per heavy atom. The Bertz CT molecular complexity index is 843. The van der Waals surface area contributed by atoms with Crippen LogP contribution in [-0.4, -0.2) is 59.6 Å². The second-order valence-electron chi connectivity index (χ2n) is 10.6. The van der Waals surface area contributed by atoms with E-state index in [9.17, 15) is 9.36 Å². The Morgan fingerprint density at radius 2 is 1.57 bits per heavy atom. The van der Waals surface area contributed by atoms with Crippen LogP contribution in [0.4, 0.5) is 0 Å². The Kier molecular flexibility index (Phi) is 14.1. The molecule has 1 aromatic rings. The summed E-state index contributed by atoms with van der Waals surface area (Å²) >= 11 is 0. The zero-order chi connectivity index (χ0) is 28.3. The number of carbonyl (C=O) groups is 1. The summed E-state index contributed by atoms with van der Waals surface area (Å²) in [6.07, 6.45) is -0.144. The van der Waals surface area contributed by atoms with Gasteiger partial charge in [0.15, 0.2) is 14.0 Å². The predicted molar refractivity (Wildman–Crippen MR) is 150 cm³/mol. The molecule has 0 saturated heterocycles. The second kappa shape index (κ2) is 15.4. The van der Waals surface area contributed by atoms with Gasteiger partial charge in [-0.25, -0.2) is 0 Å². The third kappa shape index (κ3) is 10.5. The third-order valence-corrected chi connectivity index (χ3v) is 13.7. The van der Waals surface area contributed by atoms with Crippen molar-refractivity contribution in [1.29, 1.82) is 0 Å². The molecule has 1 rings (SSSR count). The minimum Gasteiger partial charge on any atom is -0.497 e. The summed E-state index contributed by atoms with van der Waals surface area (Å²) in [5, 5.41) is 0.0316. The first kappa shape index (κ1) is 33.8. The largest absolute Gasteiger partial charge is 0.497 e. The van der Waals surface area contributed by atoms with Crippen molar-refractivity contribution in [3.8, 4) is 5.75 Å². The SMILES string of the molecule is CCOC(=O)[C@H](C[C@H](C)[C@@H](CO[Si](C)(C)C(C)(C)C)OCc1ccc(OC)cc1)P(=O)(OCC)OCC. The molecule has 0 aliphatic rings. The van der Waals surface area contributed by atoms with E-state index >= 15 is 0 Å². The van der Waals surface area contributed by atoms with E-state index in [0.717, 1.165) is 11.3 Å². The average Bonchev–Trinajstić information content (AvgIpc) is 2.82. The highest BCUT2D eigenvalue weighted by atomic mass is 31.2. The van der Waals surface area contributed by atoms with Crippen LogP contribution in [0.5, 0.6) is 5.75 Å². The molecule has 0 fully saturated rings. The molecule has 0 spiro atoms. The normalized spacial score (nSPS) is 15.2. The first-order valence-corrected chi connectivity index (χ1v) is 17.7. The van der Waals surface area contributed by atoms with E-state index in [1.165, 1.54) is 0 Å². The average molecular weight is 561 g/mol. The molecule has 0 unspecified atom stereocenters. The molecule has 214 valence electrons. The van der Waals surface area contributed by atoms with Gasteiger partial charge in [-0.3, -0.25) is 9.36 Å². The molecule has 10 heteroatoms. The van der Waals surface area contributed by atoms with Gasteiger partial charge in [-0.05, 0) is 68.9 Å². The van der Waals surface area contributed by atoms with Crippen LogP contribution < -0.4 is 4.74 Å². The maximum Gasteiger partial charge on any atom is 0.344 e. The maximum atomic E-state index is 13.7. The summed E-state index contributed by atoms with van der Waals surface area (Å²) in [5.74, 6) is -0.0136. The van der Waals surface area contributed by atoms with Crippen molar-refractivity contribution in [3.05, 3.63) is 29.8 Å². The molecular formula is C27H49O8PSi. The molecule has 0 aromatic heterocycles. The van der Waals surface area contributed by atoms with Gasteiger partial charge in [-0.2, -0.15) is 0 Å². The quantitative estimate of drug-likeness (QED) is 0.116. The van der Waals surface area contributed by atoms with Gasteiger partial charge in [0.1, 0.15) is 5.75 Å². The first-order valence-electron chi connectivity index (χ1n) is 13.2. The van der Waals surface area contributed by atoms with Crippen LogP contribution in [0.15, 0.2) is 24.3 Å². The Balaban J connectivity index is 3.21. The van der Waals surface area contributed by atoms with Crippen LogP contribution in [0, 0.1) is 5.92 Å². The lowest BCUT2D eigenvalue weighted by atomic mass is 9.99. The lowest BCUT2D eigenvalue weighted by Crippen LogP contribution is -2.44. The number of hydrogen-bond acceptors (Lipinski definition) is 8. The van der Waals surface area contributed by atoms with Crippen molar-refractivity contribution >= 4 is 21.9 Å². The Labute approximate surface area is 225 Å².